The van der Waals surface area contributed by atoms with E-state index in [4.69, 9.17) is 10.5 Å². The van der Waals surface area contributed by atoms with Crippen LogP contribution >= 0.6 is 27.3 Å². The van der Waals surface area contributed by atoms with Crippen molar-refractivity contribution in [1.29, 1.82) is 0 Å². The smallest absolute Gasteiger partial charge is 0.316 e. The monoisotopic (exact) mass is 613 g/mol. The molecule has 13 heteroatoms. The van der Waals surface area contributed by atoms with Gasteiger partial charge in [-0.15, -0.1) is 11.3 Å². The lowest BCUT2D eigenvalue weighted by Crippen LogP contribution is -2.41. The molecular weight excluding hydrogens is 586 g/mol. The Bertz CT molecular complexity index is 1340. The molecule has 2 aromatic heterocycles. The largest absolute Gasteiger partial charge is 0.460 e. The quantitative estimate of drug-likeness (QED) is 0.413. The van der Waals surface area contributed by atoms with Crippen LogP contribution in [0.5, 0.6) is 6.01 Å². The van der Waals surface area contributed by atoms with E-state index in [0.29, 0.717) is 53.4 Å². The number of benzene rings is 1. The van der Waals surface area contributed by atoms with Crippen LogP contribution in [0.1, 0.15) is 46.5 Å². The first-order chi connectivity index (χ1) is 18.9. The topological polar surface area (TPSA) is 144 Å². The number of primary amides is 1. The van der Waals surface area contributed by atoms with Crippen LogP contribution in [0.2, 0.25) is 0 Å². The summed E-state index contributed by atoms with van der Waals surface area (Å²) < 4.78 is 6.45. The summed E-state index contributed by atoms with van der Waals surface area (Å²) in [4.78, 5) is 53.9. The molecule has 2 aliphatic rings. The van der Waals surface area contributed by atoms with Crippen molar-refractivity contribution < 1.29 is 19.1 Å². The first-order valence-corrected chi connectivity index (χ1v) is 14.4. The molecule has 0 aliphatic carbocycles. The average Bonchev–Trinajstić information content (AvgIpc) is 3.45. The first-order valence-electron chi connectivity index (χ1n) is 12.7. The van der Waals surface area contributed by atoms with Crippen molar-refractivity contribution in [2.75, 3.05) is 36.4 Å². The summed E-state index contributed by atoms with van der Waals surface area (Å²) in [6, 6.07) is 7.21. The number of nitrogens with one attached hydrogen (secondary N) is 1. The van der Waals surface area contributed by atoms with Crippen molar-refractivity contribution in [2.45, 2.75) is 31.8 Å². The number of ether oxygens (including phenoxy) is 1. The summed E-state index contributed by atoms with van der Waals surface area (Å²) in [5.74, 6) is -0.942. The number of amides is 3. The zero-order chi connectivity index (χ0) is 27.4. The normalized spacial score (nSPS) is 16.6. The highest BCUT2D eigenvalue weighted by molar-refractivity contribution is 9.10. The maximum atomic E-state index is 12.9. The molecule has 3 aromatic rings. The van der Waals surface area contributed by atoms with Crippen molar-refractivity contribution in [2.24, 2.45) is 11.7 Å². The Labute approximate surface area is 237 Å². The Morgan fingerprint density at radius 1 is 1.05 bits per heavy atom. The third-order valence-electron chi connectivity index (χ3n) is 6.90. The molecule has 3 N–H and O–H groups in total. The van der Waals surface area contributed by atoms with Gasteiger partial charge in [-0.2, -0.15) is 0 Å². The van der Waals surface area contributed by atoms with Gasteiger partial charge in [0.1, 0.15) is 11.8 Å². The van der Waals surface area contributed by atoms with E-state index in [-0.39, 0.29) is 29.7 Å². The number of hydrogen-bond donors (Lipinski definition) is 2. The zero-order valence-electron chi connectivity index (χ0n) is 21.1. The number of thiazole rings is 1. The Kier molecular flexibility index (Phi) is 8.36. The fourth-order valence-corrected chi connectivity index (χ4v) is 6.00. The highest BCUT2D eigenvalue weighted by Gasteiger charge is 2.27. The lowest BCUT2D eigenvalue weighted by Gasteiger charge is -2.31. The SMILES string of the molecule is NC(=O)C1CCN(C(=O)c2ccc(NC(=O)c3csc(N4CCC(Oc5ncccn5)CC4)n3)c(Br)c2)CC1. The van der Waals surface area contributed by atoms with Gasteiger partial charge < -0.3 is 25.6 Å². The predicted molar refractivity (Wildman–Crippen MR) is 150 cm³/mol. The molecule has 4 heterocycles. The second kappa shape index (κ2) is 12.1. The van der Waals surface area contributed by atoms with Gasteiger partial charge in [-0.1, -0.05) is 0 Å². The predicted octanol–water partition coefficient (Wildman–Crippen LogP) is 3.33. The summed E-state index contributed by atoms with van der Waals surface area (Å²) in [6.45, 7) is 2.49. The minimum absolute atomic E-state index is 0.0422. The van der Waals surface area contributed by atoms with Crippen LogP contribution in [0.25, 0.3) is 0 Å². The van der Waals surface area contributed by atoms with Crippen LogP contribution < -0.4 is 20.7 Å². The zero-order valence-corrected chi connectivity index (χ0v) is 23.5. The number of hydrogen-bond acceptors (Lipinski definition) is 9. The number of rotatable bonds is 7. The van der Waals surface area contributed by atoms with Gasteiger partial charge in [0.2, 0.25) is 5.91 Å². The Morgan fingerprint density at radius 2 is 1.77 bits per heavy atom. The van der Waals surface area contributed by atoms with E-state index in [2.05, 4.69) is 41.1 Å². The number of likely N-dealkylation sites (tertiary alicyclic amines) is 1. The van der Waals surface area contributed by atoms with Crippen LogP contribution in [0, 0.1) is 5.92 Å². The van der Waals surface area contributed by atoms with Crippen molar-refractivity contribution >= 4 is 55.8 Å². The van der Waals surface area contributed by atoms with E-state index in [0.717, 1.165) is 31.1 Å². The summed E-state index contributed by atoms with van der Waals surface area (Å²) >= 11 is 4.90. The molecule has 0 unspecified atom stereocenters. The third-order valence-corrected chi connectivity index (χ3v) is 8.46. The second-order valence-corrected chi connectivity index (χ2v) is 11.2. The average molecular weight is 615 g/mol. The fourth-order valence-electron chi connectivity index (χ4n) is 4.66. The lowest BCUT2D eigenvalue weighted by molar-refractivity contribution is -0.123. The highest BCUT2D eigenvalue weighted by atomic mass is 79.9. The van der Waals surface area contributed by atoms with Crippen LogP contribution in [-0.2, 0) is 4.79 Å². The fraction of sp³-hybridized carbons (Fsp3) is 0.385. The summed E-state index contributed by atoms with van der Waals surface area (Å²) in [7, 11) is 0. The van der Waals surface area contributed by atoms with Gasteiger partial charge in [-0.3, -0.25) is 14.4 Å². The van der Waals surface area contributed by atoms with E-state index >= 15 is 0 Å². The Morgan fingerprint density at radius 3 is 2.44 bits per heavy atom. The number of carbonyl (C=O) groups is 3. The molecule has 2 saturated heterocycles. The van der Waals surface area contributed by atoms with E-state index in [1.165, 1.54) is 11.3 Å². The Balaban J connectivity index is 1.14. The number of piperidine rings is 2. The molecule has 5 rings (SSSR count). The van der Waals surface area contributed by atoms with Crippen molar-refractivity contribution in [3.63, 3.8) is 0 Å². The number of nitrogens with zero attached hydrogens (tertiary/aromatic N) is 5. The minimum Gasteiger partial charge on any atom is -0.460 e. The molecule has 0 radical (unpaired) electrons. The molecule has 2 fully saturated rings. The standard InChI is InChI=1S/C26H28BrN7O4S/c27-19-14-17(24(37)33-10-4-16(5-11-33)22(28)35)2-3-20(19)31-23(36)21-15-39-26(32-21)34-12-6-18(7-13-34)38-25-29-8-1-9-30-25/h1-3,8-9,14-16,18H,4-7,10-13H2,(H2,28,35)(H,31,36). The van der Waals surface area contributed by atoms with E-state index in [1.54, 1.807) is 46.9 Å². The molecule has 39 heavy (non-hydrogen) atoms. The molecule has 0 saturated carbocycles. The van der Waals surface area contributed by atoms with E-state index in [1.807, 2.05) is 0 Å². The first kappa shape index (κ1) is 27.0. The van der Waals surface area contributed by atoms with Gasteiger partial charge in [0, 0.05) is 72.7 Å². The number of anilines is 2. The number of nitrogens with two attached hydrogens (primary N) is 1. The number of aromatic nitrogens is 3. The Hall–Kier alpha value is -3.58. The summed E-state index contributed by atoms with van der Waals surface area (Å²) in [6.07, 6.45) is 6.11. The van der Waals surface area contributed by atoms with Gasteiger partial charge in [0.15, 0.2) is 5.13 Å². The summed E-state index contributed by atoms with van der Waals surface area (Å²) in [5, 5.41) is 5.40. The number of halogens is 1. The van der Waals surface area contributed by atoms with Crippen LogP contribution in [0.4, 0.5) is 10.8 Å². The third kappa shape index (κ3) is 6.53. The van der Waals surface area contributed by atoms with Gasteiger partial charge in [0.05, 0.1) is 5.69 Å². The van der Waals surface area contributed by atoms with Crippen LogP contribution in [-0.4, -0.2) is 69.9 Å². The minimum atomic E-state index is -0.328. The van der Waals surface area contributed by atoms with Crippen molar-refractivity contribution in [1.82, 2.24) is 19.9 Å². The molecule has 3 amide bonds. The van der Waals surface area contributed by atoms with E-state index < -0.39 is 0 Å². The maximum Gasteiger partial charge on any atom is 0.316 e. The highest BCUT2D eigenvalue weighted by Crippen LogP contribution is 2.28. The van der Waals surface area contributed by atoms with Crippen molar-refractivity contribution in [3.8, 4) is 6.01 Å². The second-order valence-electron chi connectivity index (χ2n) is 9.47. The molecule has 0 atom stereocenters. The van der Waals surface area contributed by atoms with Crippen LogP contribution in [0.3, 0.4) is 0 Å². The van der Waals surface area contributed by atoms with E-state index in [9.17, 15) is 14.4 Å². The molecular formula is C26H28BrN7O4S. The summed E-state index contributed by atoms with van der Waals surface area (Å²) in [5.41, 5.74) is 6.76. The molecule has 204 valence electrons. The van der Waals surface area contributed by atoms with Gasteiger partial charge in [-0.05, 0) is 53.0 Å². The maximum absolute atomic E-state index is 12.9. The van der Waals surface area contributed by atoms with Crippen molar-refractivity contribution in [3.05, 3.63) is 57.8 Å². The molecule has 11 nitrogen and oxygen atoms in total. The van der Waals surface area contributed by atoms with Crippen LogP contribution in [0.15, 0.2) is 46.5 Å². The molecule has 0 bridgehead atoms. The molecule has 2 aliphatic heterocycles. The van der Waals surface area contributed by atoms with Gasteiger partial charge >= 0.3 is 6.01 Å². The number of carbonyl (C=O) groups excluding carboxylic acids is 3. The lowest BCUT2D eigenvalue weighted by atomic mass is 9.96. The van der Waals surface area contributed by atoms with Gasteiger partial charge in [0.25, 0.3) is 11.8 Å². The molecule has 0 spiro atoms. The molecule has 1 aromatic carbocycles. The van der Waals surface area contributed by atoms with Gasteiger partial charge in [-0.25, -0.2) is 15.0 Å².